The van der Waals surface area contributed by atoms with E-state index in [0.29, 0.717) is 37.4 Å². The highest BCUT2D eigenvalue weighted by Crippen LogP contribution is 2.34. The Hall–Kier alpha value is -3.25. The molecule has 2 fully saturated rings. The van der Waals surface area contributed by atoms with Gasteiger partial charge >= 0.3 is 5.97 Å². The number of thiocarbonyl (C=S) groups is 1. The van der Waals surface area contributed by atoms with Crippen LogP contribution < -0.4 is 16.2 Å². The molecular formula is C22H23N5O5S2. The minimum atomic E-state index is -1.04. The van der Waals surface area contributed by atoms with E-state index in [1.54, 1.807) is 12.3 Å². The third kappa shape index (κ3) is 4.55. The van der Waals surface area contributed by atoms with Crippen molar-refractivity contribution in [3.8, 4) is 0 Å². The molecule has 2 amide bonds. The fourth-order valence-corrected chi connectivity index (χ4v) is 5.37. The summed E-state index contributed by atoms with van der Waals surface area (Å²) in [7, 11) is 0. The molecule has 0 aliphatic carbocycles. The van der Waals surface area contributed by atoms with Crippen LogP contribution in [0.2, 0.25) is 0 Å². The van der Waals surface area contributed by atoms with Gasteiger partial charge in [-0.1, -0.05) is 30.0 Å². The minimum Gasteiger partial charge on any atom is -0.481 e. The minimum absolute atomic E-state index is 0.0427. The molecule has 0 bridgehead atoms. The lowest BCUT2D eigenvalue weighted by molar-refractivity contribution is -0.137. The molecule has 0 aromatic carbocycles. The molecule has 178 valence electrons. The molecule has 0 saturated carbocycles. The Labute approximate surface area is 204 Å². The highest BCUT2D eigenvalue weighted by atomic mass is 32.2. The van der Waals surface area contributed by atoms with E-state index < -0.39 is 11.9 Å². The molecule has 34 heavy (non-hydrogen) atoms. The van der Waals surface area contributed by atoms with Crippen molar-refractivity contribution >= 4 is 63.6 Å². The fourth-order valence-electron chi connectivity index (χ4n) is 4.07. The number of carboxylic acids is 1. The second kappa shape index (κ2) is 9.55. The summed E-state index contributed by atoms with van der Waals surface area (Å²) in [5.41, 5.74) is 6.69. The lowest BCUT2D eigenvalue weighted by Crippen LogP contribution is -2.40. The number of aryl methyl sites for hydroxylation is 1. The number of carboxylic acid groups (broad SMARTS) is 1. The van der Waals surface area contributed by atoms with Crippen molar-refractivity contribution in [3.63, 3.8) is 0 Å². The van der Waals surface area contributed by atoms with Gasteiger partial charge in [0, 0.05) is 31.7 Å². The van der Waals surface area contributed by atoms with Crippen molar-refractivity contribution in [1.29, 1.82) is 0 Å². The zero-order valence-corrected chi connectivity index (χ0v) is 20.0. The number of amides is 2. The van der Waals surface area contributed by atoms with Crippen LogP contribution in [0.4, 0.5) is 5.82 Å². The van der Waals surface area contributed by atoms with E-state index >= 15 is 0 Å². The molecule has 2 saturated heterocycles. The van der Waals surface area contributed by atoms with Crippen LogP contribution in [0.25, 0.3) is 11.7 Å². The zero-order valence-electron chi connectivity index (χ0n) is 18.4. The van der Waals surface area contributed by atoms with Gasteiger partial charge in [-0.3, -0.25) is 28.5 Å². The Balaban J connectivity index is 1.78. The zero-order chi connectivity index (χ0) is 24.6. The Morgan fingerprint density at radius 2 is 2.03 bits per heavy atom. The number of nitrogens with two attached hydrogens (primary N) is 1. The molecule has 10 nitrogen and oxygen atoms in total. The van der Waals surface area contributed by atoms with Gasteiger partial charge in [0.1, 0.15) is 15.8 Å². The van der Waals surface area contributed by atoms with Gasteiger partial charge in [0.25, 0.3) is 11.5 Å². The van der Waals surface area contributed by atoms with Crippen LogP contribution in [0.3, 0.4) is 0 Å². The van der Waals surface area contributed by atoms with Gasteiger partial charge in [0.2, 0.25) is 5.91 Å². The predicted octanol–water partition coefficient (Wildman–Crippen LogP) is 1.38. The van der Waals surface area contributed by atoms with Crippen LogP contribution >= 0.6 is 24.0 Å². The molecular weight excluding hydrogens is 478 g/mol. The predicted molar refractivity (Wildman–Crippen MR) is 132 cm³/mol. The quantitative estimate of drug-likeness (QED) is 0.444. The van der Waals surface area contributed by atoms with Crippen molar-refractivity contribution in [3.05, 3.63) is 44.7 Å². The van der Waals surface area contributed by atoms with E-state index in [4.69, 9.17) is 28.0 Å². The number of nitrogens with zero attached hydrogens (tertiary/aromatic N) is 4. The molecule has 2 aliphatic heterocycles. The van der Waals surface area contributed by atoms with Crippen LogP contribution in [-0.4, -0.2) is 61.1 Å². The van der Waals surface area contributed by atoms with Crippen LogP contribution in [0.1, 0.15) is 30.4 Å². The second-order valence-corrected chi connectivity index (χ2v) is 9.86. The monoisotopic (exact) mass is 501 g/mol. The first-order valence-electron chi connectivity index (χ1n) is 10.7. The van der Waals surface area contributed by atoms with E-state index in [9.17, 15) is 19.2 Å². The summed E-state index contributed by atoms with van der Waals surface area (Å²) in [5, 5.41) is 8.95. The fraction of sp³-hybridized carbons (Fsp3) is 0.364. The lowest BCUT2D eigenvalue weighted by Gasteiger charge is -2.32. The van der Waals surface area contributed by atoms with E-state index in [1.165, 1.54) is 15.4 Å². The number of hydrogen-bond donors (Lipinski definition) is 2. The van der Waals surface area contributed by atoms with E-state index in [2.05, 4.69) is 0 Å². The maximum Gasteiger partial charge on any atom is 0.305 e. The number of carbonyl (C=O) groups is 3. The normalized spacial score (nSPS) is 18.3. The number of aliphatic carboxylic acids is 1. The van der Waals surface area contributed by atoms with Crippen molar-refractivity contribution in [2.24, 2.45) is 11.7 Å². The average Bonchev–Trinajstić information content (AvgIpc) is 3.06. The Kier molecular flexibility index (Phi) is 6.71. The number of thioether (sulfide) groups is 1. The lowest BCUT2D eigenvalue weighted by atomic mass is 9.96. The standard InChI is InChI=1S/C22H23N5O5S2/c1-12-3-2-7-26-18(12)24-19(25-8-4-13(5-9-25)17(23)30)14(20(26)31)11-15-21(32)27(22(33)34-15)10-6-16(28)29/h2-3,7,11,13H,4-6,8-10H2,1H3,(H2,23,30)(H,28,29)/b15-11+. The van der Waals surface area contributed by atoms with Crippen molar-refractivity contribution < 1.29 is 19.5 Å². The van der Waals surface area contributed by atoms with Crippen LogP contribution in [0.15, 0.2) is 28.0 Å². The molecule has 3 N–H and O–H groups in total. The average molecular weight is 502 g/mol. The van der Waals surface area contributed by atoms with E-state index in [0.717, 1.165) is 17.3 Å². The maximum atomic E-state index is 13.5. The van der Waals surface area contributed by atoms with Crippen LogP contribution in [0.5, 0.6) is 0 Å². The highest BCUT2D eigenvalue weighted by molar-refractivity contribution is 8.26. The Bertz CT molecular complexity index is 1300. The summed E-state index contributed by atoms with van der Waals surface area (Å²) < 4.78 is 1.68. The molecule has 2 aromatic heterocycles. The number of fused-ring (bicyclic) bond motifs is 1. The molecule has 4 heterocycles. The summed E-state index contributed by atoms with van der Waals surface area (Å²) in [6, 6.07) is 3.61. The summed E-state index contributed by atoms with van der Waals surface area (Å²) in [4.78, 5) is 57.2. The summed E-state index contributed by atoms with van der Waals surface area (Å²) in [6.07, 6.45) is 3.96. The van der Waals surface area contributed by atoms with Gasteiger partial charge in [0.05, 0.1) is 16.9 Å². The topological polar surface area (TPSA) is 138 Å². The van der Waals surface area contributed by atoms with Gasteiger partial charge in [-0.2, -0.15) is 0 Å². The number of carbonyl (C=O) groups excluding carboxylic acids is 2. The number of rotatable bonds is 6. The number of hydrogen-bond acceptors (Lipinski definition) is 8. The van der Waals surface area contributed by atoms with Gasteiger partial charge in [0.15, 0.2) is 0 Å². The molecule has 2 aromatic rings. The first kappa shape index (κ1) is 23.9. The summed E-state index contributed by atoms with van der Waals surface area (Å²) >= 11 is 6.29. The molecule has 4 rings (SSSR count). The first-order chi connectivity index (χ1) is 16.2. The van der Waals surface area contributed by atoms with Crippen molar-refractivity contribution in [2.45, 2.75) is 26.2 Å². The molecule has 12 heteroatoms. The van der Waals surface area contributed by atoms with Crippen molar-refractivity contribution in [2.75, 3.05) is 24.5 Å². The third-order valence-corrected chi connectivity index (χ3v) is 7.34. The highest BCUT2D eigenvalue weighted by Gasteiger charge is 2.33. The van der Waals surface area contributed by atoms with Gasteiger partial charge in [-0.15, -0.1) is 0 Å². The van der Waals surface area contributed by atoms with Gasteiger partial charge in [-0.25, -0.2) is 4.98 Å². The Morgan fingerprint density at radius 3 is 2.68 bits per heavy atom. The SMILES string of the molecule is Cc1cccn2c(=O)c(/C=C3/SC(=S)N(CCC(=O)O)C3=O)c(N3CCC(C(N)=O)CC3)nc12. The summed E-state index contributed by atoms with van der Waals surface area (Å²) in [5.74, 6) is -1.62. The molecule has 0 atom stereocenters. The Morgan fingerprint density at radius 1 is 1.32 bits per heavy atom. The number of anilines is 1. The smallest absolute Gasteiger partial charge is 0.305 e. The van der Waals surface area contributed by atoms with E-state index in [-0.39, 0.29) is 45.1 Å². The maximum absolute atomic E-state index is 13.5. The number of pyridine rings is 1. The van der Waals surface area contributed by atoms with E-state index in [1.807, 2.05) is 17.9 Å². The summed E-state index contributed by atoms with van der Waals surface area (Å²) in [6.45, 7) is 2.79. The van der Waals surface area contributed by atoms with Crippen LogP contribution in [-0.2, 0) is 14.4 Å². The number of aromatic nitrogens is 2. The number of primary amides is 1. The first-order valence-corrected chi connectivity index (χ1v) is 11.9. The van der Waals surface area contributed by atoms with Gasteiger partial charge < -0.3 is 15.7 Å². The number of piperidine rings is 1. The second-order valence-electron chi connectivity index (χ2n) is 8.18. The third-order valence-electron chi connectivity index (χ3n) is 5.96. The molecule has 0 radical (unpaired) electrons. The molecule has 0 unspecified atom stereocenters. The molecule has 2 aliphatic rings. The largest absolute Gasteiger partial charge is 0.481 e. The van der Waals surface area contributed by atoms with Crippen molar-refractivity contribution in [1.82, 2.24) is 14.3 Å². The molecule has 0 spiro atoms. The van der Waals surface area contributed by atoms with Gasteiger partial charge in [-0.05, 0) is 37.5 Å². The van der Waals surface area contributed by atoms with Crippen LogP contribution in [0, 0.1) is 12.8 Å².